The highest BCUT2D eigenvalue weighted by Gasteiger charge is 2.01. The van der Waals surface area contributed by atoms with E-state index < -0.39 is 0 Å². The zero-order valence-corrected chi connectivity index (χ0v) is 10.8. The molecule has 3 nitrogen and oxygen atoms in total. The molecule has 0 amide bonds. The topological polar surface area (TPSA) is 48.1 Å². The summed E-state index contributed by atoms with van der Waals surface area (Å²) in [4.78, 5) is 4.17. The van der Waals surface area contributed by atoms with Gasteiger partial charge in [-0.2, -0.15) is 0 Å². The number of benzene rings is 1. The van der Waals surface area contributed by atoms with Gasteiger partial charge in [0.25, 0.3) is 0 Å². The Bertz CT molecular complexity index is 538. The van der Waals surface area contributed by atoms with Crippen LogP contribution in [0, 0.1) is 13.8 Å². The summed E-state index contributed by atoms with van der Waals surface area (Å²) in [5.74, 6) is 0.623. The summed E-state index contributed by atoms with van der Waals surface area (Å²) in [5.41, 5.74) is 10.3. The minimum absolute atomic E-state index is 0.502. The molecule has 94 valence electrons. The third-order valence-corrected chi connectivity index (χ3v) is 2.91. The highest BCUT2D eigenvalue weighted by atomic mass is 16.5. The van der Waals surface area contributed by atoms with Crippen LogP contribution in [-0.4, -0.2) is 4.98 Å². The van der Waals surface area contributed by atoms with Crippen molar-refractivity contribution in [1.82, 2.24) is 4.98 Å². The van der Waals surface area contributed by atoms with E-state index in [-0.39, 0.29) is 0 Å². The van der Waals surface area contributed by atoms with Crippen LogP contribution < -0.4 is 10.5 Å². The first-order valence-electron chi connectivity index (χ1n) is 6.03. The molecule has 2 aromatic rings. The molecule has 18 heavy (non-hydrogen) atoms. The lowest BCUT2D eigenvalue weighted by Gasteiger charge is -2.09. The van der Waals surface area contributed by atoms with Crippen LogP contribution in [0.5, 0.6) is 5.88 Å². The van der Waals surface area contributed by atoms with E-state index in [1.54, 1.807) is 6.20 Å². The molecule has 1 aromatic heterocycles. The van der Waals surface area contributed by atoms with Crippen LogP contribution in [-0.2, 0) is 13.2 Å². The van der Waals surface area contributed by atoms with Crippen LogP contribution in [0.1, 0.15) is 22.3 Å². The van der Waals surface area contributed by atoms with Crippen LogP contribution in [0.3, 0.4) is 0 Å². The second-order valence-electron chi connectivity index (χ2n) is 4.43. The molecule has 3 heteroatoms. The van der Waals surface area contributed by atoms with Crippen molar-refractivity contribution in [1.29, 1.82) is 0 Å². The molecule has 1 aromatic carbocycles. The number of nitrogens with two attached hydrogens (primary N) is 1. The second kappa shape index (κ2) is 5.65. The highest BCUT2D eigenvalue weighted by molar-refractivity contribution is 5.30. The molecule has 2 N–H and O–H groups in total. The van der Waals surface area contributed by atoms with E-state index in [1.165, 1.54) is 16.7 Å². The van der Waals surface area contributed by atoms with E-state index >= 15 is 0 Å². The van der Waals surface area contributed by atoms with E-state index in [1.807, 2.05) is 12.1 Å². The number of aryl methyl sites for hydroxylation is 2. The van der Waals surface area contributed by atoms with Crippen molar-refractivity contribution in [2.75, 3.05) is 0 Å². The molecular formula is C15H18N2O. The molecule has 0 bridgehead atoms. The SMILES string of the molecule is Cc1ccc(COc2cc(CN)ccn2)c(C)c1. The summed E-state index contributed by atoms with van der Waals surface area (Å²) in [7, 11) is 0. The molecule has 0 atom stereocenters. The molecule has 0 saturated heterocycles. The van der Waals surface area contributed by atoms with Gasteiger partial charge in [-0.25, -0.2) is 4.98 Å². The monoisotopic (exact) mass is 242 g/mol. The second-order valence-corrected chi connectivity index (χ2v) is 4.43. The fraction of sp³-hybridized carbons (Fsp3) is 0.267. The van der Waals surface area contributed by atoms with Gasteiger partial charge in [-0.3, -0.25) is 0 Å². The Kier molecular flexibility index (Phi) is 3.95. The predicted molar refractivity (Wildman–Crippen MR) is 72.4 cm³/mol. The number of hydrogen-bond donors (Lipinski definition) is 1. The lowest BCUT2D eigenvalue weighted by atomic mass is 10.1. The van der Waals surface area contributed by atoms with Crippen LogP contribution in [0.25, 0.3) is 0 Å². The summed E-state index contributed by atoms with van der Waals surface area (Å²) >= 11 is 0. The van der Waals surface area contributed by atoms with Crippen molar-refractivity contribution >= 4 is 0 Å². The molecule has 0 fully saturated rings. The average Bonchev–Trinajstić information content (AvgIpc) is 2.38. The van der Waals surface area contributed by atoms with E-state index in [2.05, 4.69) is 37.0 Å². The fourth-order valence-electron chi connectivity index (χ4n) is 1.82. The van der Waals surface area contributed by atoms with Crippen molar-refractivity contribution < 1.29 is 4.74 Å². The molecule has 1 heterocycles. The number of pyridine rings is 1. The Morgan fingerprint density at radius 3 is 2.72 bits per heavy atom. The molecule has 0 saturated carbocycles. The van der Waals surface area contributed by atoms with Gasteiger partial charge < -0.3 is 10.5 Å². The Balaban J connectivity index is 2.06. The third-order valence-electron chi connectivity index (χ3n) is 2.91. The number of aromatic nitrogens is 1. The zero-order valence-electron chi connectivity index (χ0n) is 10.8. The van der Waals surface area contributed by atoms with E-state index in [4.69, 9.17) is 10.5 Å². The van der Waals surface area contributed by atoms with E-state index in [0.29, 0.717) is 19.0 Å². The van der Waals surface area contributed by atoms with Gasteiger partial charge in [-0.15, -0.1) is 0 Å². The van der Waals surface area contributed by atoms with Crippen LogP contribution in [0.2, 0.25) is 0 Å². The molecule has 0 radical (unpaired) electrons. The maximum atomic E-state index is 5.69. The van der Waals surface area contributed by atoms with Crippen molar-refractivity contribution in [3.63, 3.8) is 0 Å². The van der Waals surface area contributed by atoms with Gasteiger partial charge in [0.2, 0.25) is 5.88 Å². The Labute approximate surface area is 108 Å². The normalized spacial score (nSPS) is 10.4. The lowest BCUT2D eigenvalue weighted by Crippen LogP contribution is -2.01. The molecular weight excluding hydrogens is 224 g/mol. The van der Waals surface area contributed by atoms with Crippen LogP contribution >= 0.6 is 0 Å². The summed E-state index contributed by atoms with van der Waals surface area (Å²) in [6.07, 6.45) is 1.72. The number of nitrogens with zero attached hydrogens (tertiary/aromatic N) is 1. The number of rotatable bonds is 4. The maximum absolute atomic E-state index is 5.69. The van der Waals surface area contributed by atoms with Gasteiger partial charge in [0.05, 0.1) is 0 Å². The van der Waals surface area contributed by atoms with E-state index in [9.17, 15) is 0 Å². The quantitative estimate of drug-likeness (QED) is 0.896. The van der Waals surface area contributed by atoms with Gasteiger partial charge in [0.15, 0.2) is 0 Å². The number of ether oxygens (including phenoxy) is 1. The molecule has 0 spiro atoms. The van der Waals surface area contributed by atoms with Gasteiger partial charge in [0, 0.05) is 18.8 Å². The minimum atomic E-state index is 0.502. The standard InChI is InChI=1S/C15H18N2O/c1-11-3-4-14(12(2)7-11)10-18-15-8-13(9-16)5-6-17-15/h3-8H,9-10,16H2,1-2H3. The van der Waals surface area contributed by atoms with Gasteiger partial charge in [-0.1, -0.05) is 23.8 Å². The lowest BCUT2D eigenvalue weighted by molar-refractivity contribution is 0.293. The van der Waals surface area contributed by atoms with Crippen molar-refractivity contribution in [3.8, 4) is 5.88 Å². The van der Waals surface area contributed by atoms with E-state index in [0.717, 1.165) is 5.56 Å². The fourth-order valence-corrected chi connectivity index (χ4v) is 1.82. The Hall–Kier alpha value is -1.87. The predicted octanol–water partition coefficient (Wildman–Crippen LogP) is 2.74. The number of hydrogen-bond acceptors (Lipinski definition) is 3. The molecule has 0 aliphatic rings. The van der Waals surface area contributed by atoms with Crippen LogP contribution in [0.4, 0.5) is 0 Å². The molecule has 0 aliphatic carbocycles. The molecule has 0 unspecified atom stereocenters. The molecule has 0 aliphatic heterocycles. The van der Waals surface area contributed by atoms with Crippen molar-refractivity contribution in [3.05, 3.63) is 58.8 Å². The Morgan fingerprint density at radius 2 is 2.00 bits per heavy atom. The van der Waals surface area contributed by atoms with Gasteiger partial charge >= 0.3 is 0 Å². The zero-order chi connectivity index (χ0) is 13.0. The maximum Gasteiger partial charge on any atom is 0.213 e. The van der Waals surface area contributed by atoms with Crippen molar-refractivity contribution in [2.24, 2.45) is 5.73 Å². The summed E-state index contributed by atoms with van der Waals surface area (Å²) < 4.78 is 5.69. The minimum Gasteiger partial charge on any atom is -0.473 e. The average molecular weight is 242 g/mol. The third kappa shape index (κ3) is 3.08. The summed E-state index contributed by atoms with van der Waals surface area (Å²) in [6.45, 7) is 5.22. The first-order chi connectivity index (χ1) is 8.69. The highest BCUT2D eigenvalue weighted by Crippen LogP contribution is 2.15. The summed E-state index contributed by atoms with van der Waals surface area (Å²) in [6, 6.07) is 10.1. The first-order valence-corrected chi connectivity index (χ1v) is 6.03. The Morgan fingerprint density at radius 1 is 1.17 bits per heavy atom. The molecule has 2 rings (SSSR count). The van der Waals surface area contributed by atoms with Crippen LogP contribution in [0.15, 0.2) is 36.5 Å². The van der Waals surface area contributed by atoms with Crippen molar-refractivity contribution in [2.45, 2.75) is 27.0 Å². The largest absolute Gasteiger partial charge is 0.473 e. The van der Waals surface area contributed by atoms with Gasteiger partial charge in [0.1, 0.15) is 6.61 Å². The van der Waals surface area contributed by atoms with Gasteiger partial charge in [-0.05, 0) is 36.6 Å². The smallest absolute Gasteiger partial charge is 0.213 e. The first kappa shape index (κ1) is 12.6. The summed E-state index contributed by atoms with van der Waals surface area (Å²) in [5, 5.41) is 0.